The van der Waals surface area contributed by atoms with E-state index in [4.69, 9.17) is 14.7 Å². The molecule has 0 spiro atoms. The molecule has 6 nitrogen and oxygen atoms in total. The van der Waals surface area contributed by atoms with Gasteiger partial charge in [0.15, 0.2) is 5.57 Å². The summed E-state index contributed by atoms with van der Waals surface area (Å²) in [5.74, 6) is -0.770. The topological polar surface area (TPSA) is 80.6 Å². The van der Waals surface area contributed by atoms with Gasteiger partial charge in [-0.2, -0.15) is 18.4 Å². The maximum Gasteiger partial charge on any atom is 0.416 e. The van der Waals surface area contributed by atoms with Gasteiger partial charge in [-0.25, -0.2) is 4.79 Å². The van der Waals surface area contributed by atoms with E-state index in [1.54, 1.807) is 13.0 Å². The van der Waals surface area contributed by atoms with Crippen molar-refractivity contribution in [2.45, 2.75) is 13.1 Å². The fraction of sp³-hybridized carbons (Fsp3) is 0.375. The molecular formula is C16H17F3N2O4. The SMILES string of the molecule is CCOC(=O)/C(C#N)=C/Nc1cc(C(F)(F)F)ccc1OCCOC. The van der Waals surface area contributed by atoms with E-state index >= 15 is 0 Å². The molecule has 0 aromatic heterocycles. The third-order valence-corrected chi connectivity index (χ3v) is 2.84. The molecule has 0 unspecified atom stereocenters. The Balaban J connectivity index is 3.11. The summed E-state index contributed by atoms with van der Waals surface area (Å²) < 4.78 is 53.4. The van der Waals surface area contributed by atoms with Gasteiger partial charge < -0.3 is 19.5 Å². The van der Waals surface area contributed by atoms with E-state index in [1.807, 2.05) is 0 Å². The van der Waals surface area contributed by atoms with Crippen LogP contribution in [0, 0.1) is 11.3 Å². The van der Waals surface area contributed by atoms with E-state index in [-0.39, 0.29) is 36.8 Å². The first-order valence-corrected chi connectivity index (χ1v) is 7.20. The highest BCUT2D eigenvalue weighted by Gasteiger charge is 2.31. The summed E-state index contributed by atoms with van der Waals surface area (Å²) >= 11 is 0. The van der Waals surface area contributed by atoms with Gasteiger partial charge in [0.25, 0.3) is 0 Å². The average Bonchev–Trinajstić information content (AvgIpc) is 2.56. The van der Waals surface area contributed by atoms with Gasteiger partial charge in [-0.05, 0) is 25.1 Å². The van der Waals surface area contributed by atoms with Gasteiger partial charge in [-0.3, -0.25) is 0 Å². The molecule has 1 aromatic carbocycles. The van der Waals surface area contributed by atoms with E-state index in [0.29, 0.717) is 0 Å². The highest BCUT2D eigenvalue weighted by atomic mass is 19.4. The van der Waals surface area contributed by atoms with Crippen LogP contribution < -0.4 is 10.1 Å². The highest BCUT2D eigenvalue weighted by molar-refractivity contribution is 5.93. The first-order chi connectivity index (χ1) is 11.8. The van der Waals surface area contributed by atoms with Crippen LogP contribution in [0.3, 0.4) is 0 Å². The number of carbonyl (C=O) groups excluding carboxylic acids is 1. The standard InChI is InChI=1S/C16H17F3N2O4/c1-3-24-15(22)11(9-20)10-21-13-8-12(16(17,18)19)4-5-14(13)25-7-6-23-2/h4-5,8,10,21H,3,6-7H2,1-2H3/b11-10+. The molecule has 0 radical (unpaired) electrons. The van der Waals surface area contributed by atoms with Gasteiger partial charge in [0.2, 0.25) is 0 Å². The summed E-state index contributed by atoms with van der Waals surface area (Å²) in [6, 6.07) is 4.45. The number of anilines is 1. The molecule has 0 bridgehead atoms. The second kappa shape index (κ2) is 9.54. The van der Waals surface area contributed by atoms with Crippen LogP contribution in [-0.2, 0) is 20.4 Å². The molecule has 0 saturated heterocycles. The van der Waals surface area contributed by atoms with Crippen molar-refractivity contribution in [3.63, 3.8) is 0 Å². The number of nitrogens with zero attached hydrogens (tertiary/aromatic N) is 1. The zero-order valence-electron chi connectivity index (χ0n) is 13.6. The number of alkyl halides is 3. The maximum absolute atomic E-state index is 12.9. The molecular weight excluding hydrogens is 341 g/mol. The first-order valence-electron chi connectivity index (χ1n) is 7.20. The summed E-state index contributed by atoms with van der Waals surface area (Å²) in [7, 11) is 1.45. The van der Waals surface area contributed by atoms with Crippen LogP contribution in [-0.4, -0.2) is 32.9 Å². The van der Waals surface area contributed by atoms with Crippen LogP contribution in [0.4, 0.5) is 18.9 Å². The molecule has 9 heteroatoms. The Labute approximate surface area is 142 Å². The summed E-state index contributed by atoms with van der Waals surface area (Å²) in [5, 5.41) is 11.4. The molecule has 0 aliphatic carbocycles. The first kappa shape index (κ1) is 20.3. The fourth-order valence-corrected chi connectivity index (χ4v) is 1.68. The fourth-order valence-electron chi connectivity index (χ4n) is 1.68. The Morgan fingerprint density at radius 3 is 2.64 bits per heavy atom. The molecule has 0 amide bonds. The molecule has 0 heterocycles. The van der Waals surface area contributed by atoms with Gasteiger partial charge in [-0.1, -0.05) is 0 Å². The second-order valence-electron chi connectivity index (χ2n) is 4.58. The number of carbonyl (C=O) groups is 1. The van der Waals surface area contributed by atoms with Gasteiger partial charge >= 0.3 is 12.1 Å². The molecule has 0 fully saturated rings. The predicted molar refractivity (Wildman–Crippen MR) is 82.8 cm³/mol. The lowest BCUT2D eigenvalue weighted by molar-refractivity contribution is -0.138. The van der Waals surface area contributed by atoms with Crippen LogP contribution in [0.1, 0.15) is 12.5 Å². The second-order valence-corrected chi connectivity index (χ2v) is 4.58. The largest absolute Gasteiger partial charge is 0.489 e. The number of benzene rings is 1. The van der Waals surface area contributed by atoms with Crippen LogP contribution in [0.2, 0.25) is 0 Å². The number of hydrogen-bond donors (Lipinski definition) is 1. The number of esters is 1. The van der Waals surface area contributed by atoms with Gasteiger partial charge in [0, 0.05) is 13.3 Å². The minimum absolute atomic E-state index is 0.0528. The number of methoxy groups -OCH3 is 1. The average molecular weight is 358 g/mol. The highest BCUT2D eigenvalue weighted by Crippen LogP contribution is 2.35. The van der Waals surface area contributed by atoms with Crippen molar-refractivity contribution < 1.29 is 32.2 Å². The number of halogens is 3. The van der Waals surface area contributed by atoms with E-state index in [9.17, 15) is 18.0 Å². The van der Waals surface area contributed by atoms with Crippen LogP contribution in [0.25, 0.3) is 0 Å². The van der Waals surface area contributed by atoms with Gasteiger partial charge in [0.1, 0.15) is 18.4 Å². The number of hydrogen-bond acceptors (Lipinski definition) is 6. The van der Waals surface area contributed by atoms with Crippen LogP contribution >= 0.6 is 0 Å². The monoisotopic (exact) mass is 358 g/mol. The Bertz CT molecular complexity index is 666. The van der Waals surface area contributed by atoms with Crippen LogP contribution in [0.15, 0.2) is 30.0 Å². The summed E-state index contributed by atoms with van der Waals surface area (Å²) in [6.07, 6.45) is -3.58. The van der Waals surface area contributed by atoms with Crippen molar-refractivity contribution in [3.05, 3.63) is 35.5 Å². The third-order valence-electron chi connectivity index (χ3n) is 2.84. The summed E-state index contributed by atoms with van der Waals surface area (Å²) in [6.45, 7) is 1.98. The lowest BCUT2D eigenvalue weighted by Gasteiger charge is -2.14. The van der Waals surface area contributed by atoms with E-state index in [1.165, 1.54) is 7.11 Å². The number of nitriles is 1. The Hall–Kier alpha value is -2.73. The zero-order valence-corrected chi connectivity index (χ0v) is 13.6. The zero-order chi connectivity index (χ0) is 18.9. The Kier molecular flexibility index (Phi) is 7.75. The number of rotatable bonds is 8. The van der Waals surface area contributed by atoms with E-state index < -0.39 is 17.7 Å². The van der Waals surface area contributed by atoms with E-state index in [0.717, 1.165) is 24.4 Å². The molecule has 1 rings (SSSR count). The van der Waals surface area contributed by atoms with E-state index in [2.05, 4.69) is 10.1 Å². The smallest absolute Gasteiger partial charge is 0.416 e. The molecule has 25 heavy (non-hydrogen) atoms. The Morgan fingerprint density at radius 1 is 1.36 bits per heavy atom. The normalized spacial score (nSPS) is 11.6. The van der Waals surface area contributed by atoms with Gasteiger partial charge in [-0.15, -0.1) is 0 Å². The molecule has 1 N–H and O–H groups in total. The molecule has 0 saturated carbocycles. The van der Waals surface area contributed by atoms with Crippen molar-refractivity contribution in [2.75, 3.05) is 32.2 Å². The van der Waals surface area contributed by atoms with Crippen molar-refractivity contribution >= 4 is 11.7 Å². The van der Waals surface area contributed by atoms with Crippen molar-refractivity contribution in [1.29, 1.82) is 5.26 Å². The summed E-state index contributed by atoms with van der Waals surface area (Å²) in [4.78, 5) is 11.5. The quantitative estimate of drug-likeness (QED) is 0.333. The summed E-state index contributed by atoms with van der Waals surface area (Å²) in [5.41, 5.74) is -1.35. The minimum atomic E-state index is -4.55. The minimum Gasteiger partial charge on any atom is -0.489 e. The lowest BCUT2D eigenvalue weighted by atomic mass is 10.1. The molecule has 0 aliphatic rings. The van der Waals surface area contributed by atoms with Crippen molar-refractivity contribution in [1.82, 2.24) is 0 Å². The van der Waals surface area contributed by atoms with Crippen LogP contribution in [0.5, 0.6) is 5.75 Å². The molecule has 0 atom stereocenters. The molecule has 0 aliphatic heterocycles. The van der Waals surface area contributed by atoms with Crippen molar-refractivity contribution in [2.24, 2.45) is 0 Å². The molecule has 136 valence electrons. The Morgan fingerprint density at radius 2 is 2.08 bits per heavy atom. The van der Waals surface area contributed by atoms with Gasteiger partial charge in [0.05, 0.1) is 24.5 Å². The number of nitrogens with one attached hydrogen (secondary N) is 1. The third kappa shape index (κ3) is 6.35. The van der Waals surface area contributed by atoms with Crippen molar-refractivity contribution in [3.8, 4) is 11.8 Å². The predicted octanol–water partition coefficient (Wildman–Crippen LogP) is 3.11. The lowest BCUT2D eigenvalue weighted by Crippen LogP contribution is -2.10. The maximum atomic E-state index is 12.9. The number of ether oxygens (including phenoxy) is 3. The molecule has 1 aromatic rings.